The monoisotopic (exact) mass is 413 g/mol. The van der Waals surface area contributed by atoms with Gasteiger partial charge < -0.3 is 25.0 Å². The Morgan fingerprint density at radius 2 is 2.07 bits per heavy atom. The second-order valence-electron chi connectivity index (χ2n) is 8.01. The molecule has 28 heavy (non-hydrogen) atoms. The van der Waals surface area contributed by atoms with E-state index in [1.165, 1.54) is 6.33 Å². The number of fused-ring (bicyclic) bond motifs is 1. The fourth-order valence-corrected chi connectivity index (χ4v) is 4.48. The number of nitrogen functional groups attached to an aromatic ring is 1. The van der Waals surface area contributed by atoms with Gasteiger partial charge >= 0.3 is 0 Å². The van der Waals surface area contributed by atoms with Gasteiger partial charge in [-0.25, -0.2) is 9.47 Å². The summed E-state index contributed by atoms with van der Waals surface area (Å²) >= 11 is 0. The summed E-state index contributed by atoms with van der Waals surface area (Å²) in [5, 5.41) is 9.67. The highest BCUT2D eigenvalue weighted by Crippen LogP contribution is 2.39. The van der Waals surface area contributed by atoms with E-state index in [9.17, 15) is 14.6 Å². The zero-order chi connectivity index (χ0) is 20.8. The Balaban J connectivity index is 1.85. The first-order valence-electron chi connectivity index (χ1n) is 9.70. The van der Waals surface area contributed by atoms with Crippen molar-refractivity contribution in [2.24, 2.45) is 10.9 Å². The summed E-state index contributed by atoms with van der Waals surface area (Å²) in [4.78, 5) is 24.7. The number of ether oxygens (including phenoxy) is 1. The van der Waals surface area contributed by atoms with Crippen molar-refractivity contribution in [1.29, 1.82) is 0 Å². The third kappa shape index (κ3) is 6.32. The van der Waals surface area contributed by atoms with E-state index in [-0.39, 0.29) is 36.0 Å². The largest absolute Gasteiger partial charge is 0.798 e. The third-order valence-corrected chi connectivity index (χ3v) is 6.37. The number of nitrogens with two attached hydrogens (primary N) is 1. The molecule has 0 bridgehead atoms. The highest BCUT2D eigenvalue weighted by Gasteiger charge is 2.38. The average molecular weight is 413 g/mol. The quantitative estimate of drug-likeness (QED) is 0.303. The van der Waals surface area contributed by atoms with Crippen LogP contribution in [-0.4, -0.2) is 60.2 Å². The van der Waals surface area contributed by atoms with Crippen molar-refractivity contribution in [3.63, 3.8) is 0 Å². The molecule has 1 aliphatic rings. The van der Waals surface area contributed by atoms with Crippen LogP contribution < -0.4 is 15.1 Å². The van der Waals surface area contributed by atoms with Crippen LogP contribution in [0.2, 0.25) is 0 Å². The molecular formula is C18H32N5O4P. The van der Waals surface area contributed by atoms with Gasteiger partial charge in [-0.3, -0.25) is 0 Å². The summed E-state index contributed by atoms with van der Waals surface area (Å²) in [6.07, 6.45) is 5.79. The van der Waals surface area contributed by atoms with Crippen molar-refractivity contribution < 1.29 is 19.3 Å². The van der Waals surface area contributed by atoms with Crippen molar-refractivity contribution in [3.8, 4) is 0 Å². The Hall–Kier alpha value is -1.38. The Labute approximate surface area is 166 Å². The van der Waals surface area contributed by atoms with Crippen LogP contribution in [0.15, 0.2) is 11.3 Å². The van der Waals surface area contributed by atoms with Crippen LogP contribution in [0.25, 0.3) is 0 Å². The molecule has 1 aromatic rings. The molecule has 0 amide bonds. The second-order valence-corrected chi connectivity index (χ2v) is 10.3. The van der Waals surface area contributed by atoms with Crippen molar-refractivity contribution in [2.75, 3.05) is 38.4 Å². The zero-order valence-electron chi connectivity index (χ0n) is 17.0. The molecule has 0 aromatic carbocycles. The number of hydrogen-bond donors (Lipinski definition) is 2. The molecule has 1 aromatic heterocycles. The molecule has 1 aliphatic heterocycles. The Morgan fingerprint density at radius 3 is 2.75 bits per heavy atom. The van der Waals surface area contributed by atoms with Crippen molar-refractivity contribution in [3.05, 3.63) is 6.33 Å². The van der Waals surface area contributed by atoms with E-state index in [1.807, 2.05) is 7.05 Å². The summed E-state index contributed by atoms with van der Waals surface area (Å²) in [6, 6.07) is 0. The first-order valence-corrected chi connectivity index (χ1v) is 11.7. The van der Waals surface area contributed by atoms with Crippen molar-refractivity contribution in [1.82, 2.24) is 14.5 Å². The van der Waals surface area contributed by atoms with E-state index >= 15 is 0 Å². The number of nitrogens with zero attached hydrogens (tertiary/aromatic N) is 4. The van der Waals surface area contributed by atoms with Crippen LogP contribution >= 0.6 is 7.37 Å². The number of rotatable bonds is 12. The fraction of sp³-hybridized carbons (Fsp3) is 0.722. The zero-order valence-corrected chi connectivity index (χ0v) is 17.8. The smallest absolute Gasteiger partial charge is 0.265 e. The topological polar surface area (TPSA) is 134 Å². The number of aliphatic imine (C=N–C) groups is 1. The van der Waals surface area contributed by atoms with Gasteiger partial charge in [-0.2, -0.15) is 9.98 Å². The lowest BCUT2D eigenvalue weighted by Crippen LogP contribution is -2.49. The van der Waals surface area contributed by atoms with Crippen LogP contribution in [0.5, 0.6) is 0 Å². The minimum Gasteiger partial charge on any atom is -0.798 e. The van der Waals surface area contributed by atoms with Crippen LogP contribution in [0.1, 0.15) is 39.5 Å². The molecule has 0 spiro atoms. The molecule has 0 aliphatic carbocycles. The lowest BCUT2D eigenvalue weighted by Gasteiger charge is -2.30. The van der Waals surface area contributed by atoms with Crippen LogP contribution in [0, 0.1) is 5.92 Å². The molecule has 0 fully saturated rings. The standard InChI is InChI=1S/C18H32N5O4P/c1-14(2)7-5-4-6-8-28(25,26)13-27-15(10-24)9-23(3)12-22-16-17(19)20-11-21-18(16)23/h11-12,14-15,24H,4-10,13H2,1-3H3,(H2-,19,20,21,25,26)/t15-,23?/m0/s1. The first kappa shape index (κ1) is 22.9. The summed E-state index contributed by atoms with van der Waals surface area (Å²) in [7, 11) is -1.79. The van der Waals surface area contributed by atoms with E-state index in [0.717, 1.165) is 19.3 Å². The first-order chi connectivity index (χ1) is 13.2. The number of aliphatic hydroxyl groups excluding tert-OH is 1. The maximum absolute atomic E-state index is 12.3. The molecule has 0 radical (unpaired) electrons. The summed E-state index contributed by atoms with van der Waals surface area (Å²) < 4.78 is 18.0. The SMILES string of the molecule is CC(C)CCCCCP(=O)([O-])CO[C@H](CO)C[N+]1(C)C=Nc2c(N)ncnc21. The maximum Gasteiger partial charge on any atom is 0.265 e. The molecule has 3 atom stereocenters. The summed E-state index contributed by atoms with van der Waals surface area (Å²) in [6.45, 7) is 4.31. The van der Waals surface area contributed by atoms with Gasteiger partial charge in [0.15, 0.2) is 17.8 Å². The maximum atomic E-state index is 12.3. The van der Waals surface area contributed by atoms with Gasteiger partial charge in [0.25, 0.3) is 5.82 Å². The van der Waals surface area contributed by atoms with Gasteiger partial charge in [0.1, 0.15) is 19.0 Å². The molecule has 2 unspecified atom stereocenters. The molecular weight excluding hydrogens is 381 g/mol. The molecule has 2 heterocycles. The normalized spacial score (nSPS) is 21.6. The van der Waals surface area contributed by atoms with Gasteiger partial charge in [0.05, 0.1) is 20.0 Å². The number of hydrogen-bond acceptors (Lipinski definition) is 8. The van der Waals surface area contributed by atoms with Gasteiger partial charge in [-0.1, -0.05) is 33.1 Å². The van der Waals surface area contributed by atoms with Gasteiger partial charge in [0, 0.05) is 7.37 Å². The number of likely N-dealkylation sites (N-methyl/N-ethyl adjacent to an activating group) is 1. The summed E-state index contributed by atoms with van der Waals surface area (Å²) in [5.41, 5.74) is 6.32. The predicted molar refractivity (Wildman–Crippen MR) is 110 cm³/mol. The van der Waals surface area contributed by atoms with E-state index in [0.29, 0.717) is 23.8 Å². The van der Waals surface area contributed by atoms with Crippen LogP contribution in [0.3, 0.4) is 0 Å². The molecule has 10 heteroatoms. The van der Waals surface area contributed by atoms with Gasteiger partial charge in [0.2, 0.25) is 0 Å². The Morgan fingerprint density at radius 1 is 1.32 bits per heavy atom. The third-order valence-electron chi connectivity index (χ3n) is 4.83. The second kappa shape index (κ2) is 9.89. The lowest BCUT2D eigenvalue weighted by atomic mass is 10.1. The Kier molecular flexibility index (Phi) is 8.09. The number of aliphatic hydroxyl groups is 1. The molecule has 3 N–H and O–H groups in total. The molecule has 158 valence electrons. The molecule has 9 nitrogen and oxygen atoms in total. The number of anilines is 1. The highest BCUT2D eigenvalue weighted by atomic mass is 31.2. The van der Waals surface area contributed by atoms with Gasteiger partial charge in [-0.05, 0) is 18.5 Å². The predicted octanol–water partition coefficient (Wildman–Crippen LogP) is 1.86. The minimum absolute atomic E-state index is 0.128. The molecule has 2 rings (SSSR count). The van der Waals surface area contributed by atoms with E-state index in [4.69, 9.17) is 10.5 Å². The molecule has 0 saturated carbocycles. The number of quaternary nitrogens is 1. The van der Waals surface area contributed by atoms with Crippen molar-refractivity contribution >= 4 is 31.0 Å². The summed E-state index contributed by atoms with van der Waals surface area (Å²) in [5.74, 6) is 1.52. The number of aromatic nitrogens is 2. The van der Waals surface area contributed by atoms with Crippen LogP contribution in [0.4, 0.5) is 17.3 Å². The highest BCUT2D eigenvalue weighted by molar-refractivity contribution is 7.56. The Bertz CT molecular complexity index is 730. The molecule has 0 saturated heterocycles. The fourth-order valence-electron chi connectivity index (χ4n) is 3.21. The average Bonchev–Trinajstić information content (AvgIpc) is 2.96. The number of unbranched alkanes of at least 4 members (excludes halogenated alkanes) is 2. The van der Waals surface area contributed by atoms with E-state index in [2.05, 4.69) is 28.8 Å². The lowest BCUT2D eigenvalue weighted by molar-refractivity contribution is -0.181. The van der Waals surface area contributed by atoms with Crippen molar-refractivity contribution in [2.45, 2.75) is 45.6 Å². The van der Waals surface area contributed by atoms with E-state index in [1.54, 1.807) is 6.34 Å². The van der Waals surface area contributed by atoms with Crippen LogP contribution in [-0.2, 0) is 9.30 Å². The van der Waals surface area contributed by atoms with E-state index < -0.39 is 13.5 Å². The minimum atomic E-state index is -3.63. The van der Waals surface area contributed by atoms with Gasteiger partial charge in [-0.15, -0.1) is 0 Å².